The maximum atomic E-state index is 3.20. The summed E-state index contributed by atoms with van der Waals surface area (Å²) in [6, 6.07) is 0. The Morgan fingerprint density at radius 3 is 1.08 bits per heavy atom. The largest absolute Gasteiger partial charge is 0.273 e. The molecule has 139 valence electrons. The minimum atomic E-state index is -0.981. The van der Waals surface area contributed by atoms with Crippen LogP contribution in [0.15, 0.2) is 34.7 Å². The molecule has 0 aromatic carbocycles. The van der Waals surface area contributed by atoms with Crippen molar-refractivity contribution in [3.63, 3.8) is 0 Å². The molecule has 0 atom stereocenters. The van der Waals surface area contributed by atoms with Crippen LogP contribution in [0.1, 0.15) is 12.8 Å². The Morgan fingerprint density at radius 2 is 1.00 bits per heavy atom. The summed E-state index contributed by atoms with van der Waals surface area (Å²) in [5.74, 6) is 0. The zero-order valence-electron chi connectivity index (χ0n) is 16.6. The first-order valence-corrected chi connectivity index (χ1v) is 17.2. The summed E-state index contributed by atoms with van der Waals surface area (Å²) in [6.45, 7) is 18.6. The second-order valence-corrected chi connectivity index (χ2v) is 18.8. The molecule has 0 spiro atoms. The summed E-state index contributed by atoms with van der Waals surface area (Å²) in [5, 5.41) is 3.12. The molecule has 0 aromatic heterocycles. The SMILES string of the molecule is C[SiH]C.C[Si](C)(C)C1=CC[C-]=C1.C[Si](C)(C)C1=CC[C-]=C1.Cl.Cl.[Hf]. The maximum Gasteiger partial charge on any atom is 0.0213 e. The van der Waals surface area contributed by atoms with Crippen LogP contribution in [0.25, 0.3) is 0 Å². The third kappa shape index (κ3) is 15.3. The van der Waals surface area contributed by atoms with Gasteiger partial charge in [0.25, 0.3) is 0 Å². The number of hydrogen-bond acceptors (Lipinski definition) is 0. The zero-order chi connectivity index (χ0) is 16.5. The molecule has 0 nitrogen and oxygen atoms in total. The first-order valence-electron chi connectivity index (χ1n) is 7.91. The van der Waals surface area contributed by atoms with E-state index in [0.717, 1.165) is 22.4 Å². The molecule has 0 fully saturated rings. The van der Waals surface area contributed by atoms with Gasteiger partial charge in [-0.05, 0) is 16.1 Å². The molecule has 24 heavy (non-hydrogen) atoms. The Balaban J connectivity index is -0.000000130. The van der Waals surface area contributed by atoms with Gasteiger partial charge in [-0.15, -0.1) is 37.7 Å². The molecule has 1 radical (unpaired) electrons. The van der Waals surface area contributed by atoms with Crippen LogP contribution >= 0.6 is 24.8 Å². The molecule has 0 heterocycles. The van der Waals surface area contributed by atoms with Gasteiger partial charge < -0.3 is 0 Å². The Bertz CT molecular complexity index is 389. The number of halogens is 2. The van der Waals surface area contributed by atoms with Crippen LogP contribution in [-0.2, 0) is 25.8 Å². The molecule has 0 saturated carbocycles. The van der Waals surface area contributed by atoms with Crippen molar-refractivity contribution in [2.45, 2.75) is 65.2 Å². The molecule has 0 saturated heterocycles. The van der Waals surface area contributed by atoms with Crippen molar-refractivity contribution in [1.82, 2.24) is 0 Å². The second-order valence-electron chi connectivity index (χ2n) is 7.50. The molecule has 6 heteroatoms. The van der Waals surface area contributed by atoms with Gasteiger partial charge in [-0.2, -0.15) is 12.2 Å². The summed E-state index contributed by atoms with van der Waals surface area (Å²) < 4.78 is 0. The molecule has 0 aliphatic heterocycles. The summed E-state index contributed by atoms with van der Waals surface area (Å²) >= 11 is 0. The monoisotopic (exact) mass is 585 g/mol. The standard InChI is InChI=1S/2C8H13Si.C2H7Si.2ClH.Hf/c2*1-9(2,3)8-6-4-5-7-8;1-3-2;;;/h2*6-7H,4H2,1-3H3;3H,1-2H3;2*1H;/q2*-1;;;;. The average Bonchev–Trinajstić information content (AvgIpc) is 3.03. The molecule has 0 aromatic rings. The molecule has 0 amide bonds. The first-order chi connectivity index (χ1) is 9.62. The van der Waals surface area contributed by atoms with Gasteiger partial charge in [0.2, 0.25) is 0 Å². The maximum absolute atomic E-state index is 3.20. The van der Waals surface area contributed by atoms with Crippen LogP contribution in [0.2, 0.25) is 52.4 Å². The van der Waals surface area contributed by atoms with E-state index in [9.17, 15) is 0 Å². The van der Waals surface area contributed by atoms with Gasteiger partial charge in [-0.25, -0.2) is 22.5 Å². The van der Waals surface area contributed by atoms with Crippen molar-refractivity contribution in [2.75, 3.05) is 0 Å². The smallest absolute Gasteiger partial charge is 0.0213 e. The van der Waals surface area contributed by atoms with Crippen molar-refractivity contribution in [2.24, 2.45) is 0 Å². The quantitative estimate of drug-likeness (QED) is 0.258. The fourth-order valence-corrected chi connectivity index (χ4v) is 4.34. The van der Waals surface area contributed by atoms with Crippen LogP contribution in [-0.4, -0.2) is 25.7 Å². The predicted octanol–water partition coefficient (Wildman–Crippen LogP) is 6.47. The third-order valence-electron chi connectivity index (χ3n) is 3.13. The molecule has 0 N–H and O–H groups in total. The molecule has 2 aliphatic rings. The van der Waals surface area contributed by atoms with Crippen LogP contribution < -0.4 is 0 Å². The van der Waals surface area contributed by atoms with Crippen molar-refractivity contribution in [3.05, 3.63) is 46.8 Å². The zero-order valence-corrected chi connectivity index (χ0v) is 25.0. The summed E-state index contributed by atoms with van der Waals surface area (Å²) in [4.78, 5) is 0. The third-order valence-corrected chi connectivity index (χ3v) is 7.29. The van der Waals surface area contributed by atoms with Crippen molar-refractivity contribution in [1.29, 1.82) is 0 Å². The van der Waals surface area contributed by atoms with Crippen molar-refractivity contribution < 1.29 is 25.8 Å². The van der Waals surface area contributed by atoms with Gasteiger partial charge in [0.05, 0.1) is 0 Å². The minimum absolute atomic E-state index is 0. The Hall–Kier alpha value is 1.06. The van der Waals surface area contributed by atoms with E-state index in [0.29, 0.717) is 0 Å². The van der Waals surface area contributed by atoms with E-state index in [-0.39, 0.29) is 50.7 Å². The molecule has 2 rings (SSSR count). The van der Waals surface area contributed by atoms with E-state index in [1.54, 1.807) is 10.4 Å². The summed E-state index contributed by atoms with van der Waals surface area (Å²) in [6.07, 6.45) is 17.4. The van der Waals surface area contributed by atoms with Crippen LogP contribution in [0.5, 0.6) is 0 Å². The van der Waals surface area contributed by atoms with Gasteiger partial charge in [-0.1, -0.05) is 52.4 Å². The molecule has 2 aliphatic carbocycles. The van der Waals surface area contributed by atoms with E-state index in [1.807, 2.05) is 0 Å². The average molecular weight is 585 g/mol. The Labute approximate surface area is 187 Å². The van der Waals surface area contributed by atoms with Crippen molar-refractivity contribution in [3.8, 4) is 0 Å². The second kappa shape index (κ2) is 16.3. The van der Waals surface area contributed by atoms with Crippen molar-refractivity contribution >= 4 is 50.5 Å². The van der Waals surface area contributed by atoms with Gasteiger partial charge in [-0.3, -0.25) is 12.2 Å². The Morgan fingerprint density at radius 1 is 0.750 bits per heavy atom. The van der Waals surface area contributed by atoms with Crippen LogP contribution in [0.4, 0.5) is 0 Å². The van der Waals surface area contributed by atoms with E-state index in [2.05, 4.69) is 88.8 Å². The van der Waals surface area contributed by atoms with Gasteiger partial charge in [0.1, 0.15) is 0 Å². The molecular formula is C18H35Cl2HfSi3-2. The van der Waals surface area contributed by atoms with Gasteiger partial charge >= 0.3 is 0 Å². The minimum Gasteiger partial charge on any atom is -0.273 e. The van der Waals surface area contributed by atoms with Gasteiger partial charge in [0, 0.05) is 35.4 Å². The van der Waals surface area contributed by atoms with Crippen LogP contribution in [0, 0.1) is 12.2 Å². The Kier molecular flexibility index (Phi) is 22.1. The first kappa shape index (κ1) is 32.7. The van der Waals surface area contributed by atoms with E-state index in [1.165, 1.54) is 0 Å². The number of allylic oxidation sites excluding steroid dienone is 8. The van der Waals surface area contributed by atoms with Gasteiger partial charge in [0.15, 0.2) is 0 Å². The van der Waals surface area contributed by atoms with Crippen LogP contribution in [0.3, 0.4) is 0 Å². The number of rotatable bonds is 2. The van der Waals surface area contributed by atoms with E-state index in [4.69, 9.17) is 0 Å². The predicted molar refractivity (Wildman–Crippen MR) is 121 cm³/mol. The number of hydrogen-bond donors (Lipinski definition) is 0. The molecule has 0 bridgehead atoms. The normalized spacial score (nSPS) is 14.5. The van der Waals surface area contributed by atoms with E-state index >= 15 is 0 Å². The van der Waals surface area contributed by atoms with E-state index < -0.39 is 16.1 Å². The summed E-state index contributed by atoms with van der Waals surface area (Å²) in [5.41, 5.74) is 0. The molecule has 0 unspecified atom stereocenters. The fraction of sp³-hybridized carbons (Fsp3) is 0.556. The fourth-order valence-electron chi connectivity index (χ4n) is 1.84. The topological polar surface area (TPSA) is 0 Å². The molecular weight excluding hydrogens is 550 g/mol. The summed E-state index contributed by atoms with van der Waals surface area (Å²) in [7, 11) is -1.21.